The second-order valence-electron chi connectivity index (χ2n) is 3.19. The van der Waals surface area contributed by atoms with Crippen LogP contribution in [0.2, 0.25) is 0 Å². The van der Waals surface area contributed by atoms with Crippen molar-refractivity contribution in [3.63, 3.8) is 0 Å². The van der Waals surface area contributed by atoms with E-state index < -0.39 is 0 Å². The first-order valence-electron chi connectivity index (χ1n) is 4.76. The molecule has 5 heteroatoms. The van der Waals surface area contributed by atoms with E-state index in [0.29, 0.717) is 5.57 Å². The molecule has 1 aliphatic heterocycles. The van der Waals surface area contributed by atoms with E-state index in [-0.39, 0.29) is 5.91 Å². The SMILES string of the molecule is CON(C=C1C(=O)Nc2ccccc21)OC. The average Bonchev–Trinajstić information content (AvgIpc) is 2.62. The quantitative estimate of drug-likeness (QED) is 0.618. The maximum absolute atomic E-state index is 11.7. The van der Waals surface area contributed by atoms with Gasteiger partial charge in [-0.15, -0.1) is 5.23 Å². The topological polar surface area (TPSA) is 50.8 Å². The fourth-order valence-electron chi connectivity index (χ4n) is 1.55. The highest BCUT2D eigenvalue weighted by atomic mass is 16.9. The van der Waals surface area contributed by atoms with Gasteiger partial charge < -0.3 is 5.32 Å². The van der Waals surface area contributed by atoms with E-state index >= 15 is 0 Å². The number of amides is 1. The molecule has 0 atom stereocenters. The molecule has 0 radical (unpaired) electrons. The molecule has 1 heterocycles. The van der Waals surface area contributed by atoms with Crippen LogP contribution in [0.4, 0.5) is 5.69 Å². The number of carbonyl (C=O) groups is 1. The fourth-order valence-corrected chi connectivity index (χ4v) is 1.55. The molecule has 0 spiro atoms. The zero-order chi connectivity index (χ0) is 11.5. The Morgan fingerprint density at radius 2 is 1.94 bits per heavy atom. The molecule has 2 rings (SSSR count). The second kappa shape index (κ2) is 4.34. The summed E-state index contributed by atoms with van der Waals surface area (Å²) in [5.41, 5.74) is 2.15. The summed E-state index contributed by atoms with van der Waals surface area (Å²) in [6.07, 6.45) is 1.50. The lowest BCUT2D eigenvalue weighted by Gasteiger charge is -2.13. The van der Waals surface area contributed by atoms with Gasteiger partial charge in [0, 0.05) is 11.3 Å². The summed E-state index contributed by atoms with van der Waals surface area (Å²) in [5, 5.41) is 3.88. The molecule has 0 bridgehead atoms. The first kappa shape index (κ1) is 10.7. The number of fused-ring (bicyclic) bond motifs is 1. The molecule has 5 nitrogen and oxygen atoms in total. The Bertz CT molecular complexity index is 439. The molecule has 0 aromatic heterocycles. The monoisotopic (exact) mass is 220 g/mol. The van der Waals surface area contributed by atoms with E-state index in [9.17, 15) is 4.79 Å². The Hall–Kier alpha value is -1.85. The maximum atomic E-state index is 11.7. The van der Waals surface area contributed by atoms with E-state index in [2.05, 4.69) is 5.32 Å². The van der Waals surface area contributed by atoms with Crippen LogP contribution in [0.25, 0.3) is 5.57 Å². The van der Waals surface area contributed by atoms with Gasteiger partial charge in [-0.3, -0.25) is 14.5 Å². The van der Waals surface area contributed by atoms with Crippen LogP contribution < -0.4 is 5.32 Å². The number of hydrogen-bond donors (Lipinski definition) is 1. The highest BCUT2D eigenvalue weighted by molar-refractivity contribution is 6.31. The highest BCUT2D eigenvalue weighted by Gasteiger charge is 2.24. The number of carbonyl (C=O) groups excluding carboxylic acids is 1. The smallest absolute Gasteiger partial charge is 0.258 e. The third kappa shape index (κ3) is 1.78. The van der Waals surface area contributed by atoms with Gasteiger partial charge in [-0.25, -0.2) is 0 Å². The summed E-state index contributed by atoms with van der Waals surface area (Å²) in [5.74, 6) is -0.166. The van der Waals surface area contributed by atoms with Crippen molar-refractivity contribution in [1.29, 1.82) is 0 Å². The molecule has 0 saturated heterocycles. The molecular formula is C11H12N2O3. The number of nitrogens with one attached hydrogen (secondary N) is 1. The number of rotatable bonds is 3. The van der Waals surface area contributed by atoms with Gasteiger partial charge in [0.15, 0.2) is 0 Å². The zero-order valence-electron chi connectivity index (χ0n) is 9.06. The molecular weight excluding hydrogens is 208 g/mol. The zero-order valence-corrected chi connectivity index (χ0v) is 9.06. The van der Waals surface area contributed by atoms with E-state index in [1.807, 2.05) is 24.3 Å². The molecule has 1 N–H and O–H groups in total. The Morgan fingerprint density at radius 3 is 2.62 bits per heavy atom. The predicted molar refractivity (Wildman–Crippen MR) is 58.9 cm³/mol. The molecule has 1 amide bonds. The maximum Gasteiger partial charge on any atom is 0.258 e. The number of nitrogens with zero attached hydrogens (tertiary/aromatic N) is 1. The van der Waals surface area contributed by atoms with Crippen molar-refractivity contribution >= 4 is 17.2 Å². The standard InChI is InChI=1S/C11H12N2O3/c1-15-13(16-2)7-9-8-5-3-4-6-10(8)12-11(9)14/h3-7H,1-2H3,(H,12,14). The second-order valence-corrected chi connectivity index (χ2v) is 3.19. The van der Waals surface area contributed by atoms with Gasteiger partial charge in [-0.2, -0.15) is 0 Å². The molecule has 1 aliphatic rings. The summed E-state index contributed by atoms with van der Waals surface area (Å²) in [6.45, 7) is 0. The van der Waals surface area contributed by atoms with Crippen molar-refractivity contribution < 1.29 is 14.5 Å². The van der Waals surface area contributed by atoms with E-state index in [4.69, 9.17) is 9.68 Å². The van der Waals surface area contributed by atoms with Gasteiger partial charge in [0.2, 0.25) is 0 Å². The molecule has 84 valence electrons. The largest absolute Gasteiger partial charge is 0.321 e. The lowest BCUT2D eigenvalue weighted by Crippen LogP contribution is -2.16. The van der Waals surface area contributed by atoms with Crippen LogP contribution in [0.15, 0.2) is 30.5 Å². The van der Waals surface area contributed by atoms with Crippen LogP contribution in [-0.4, -0.2) is 25.4 Å². The van der Waals surface area contributed by atoms with Crippen molar-refractivity contribution in [1.82, 2.24) is 5.23 Å². The van der Waals surface area contributed by atoms with Crippen LogP contribution in [0.3, 0.4) is 0 Å². The van der Waals surface area contributed by atoms with Crippen molar-refractivity contribution in [2.75, 3.05) is 19.5 Å². The summed E-state index contributed by atoms with van der Waals surface area (Å²) in [4.78, 5) is 21.4. The number of anilines is 1. The van der Waals surface area contributed by atoms with Crippen LogP contribution in [0, 0.1) is 0 Å². The number of para-hydroxylation sites is 1. The molecule has 1 aromatic rings. The van der Waals surface area contributed by atoms with Gasteiger partial charge in [0.05, 0.1) is 26.0 Å². The van der Waals surface area contributed by atoms with Crippen molar-refractivity contribution in [2.24, 2.45) is 0 Å². The van der Waals surface area contributed by atoms with Crippen LogP contribution >= 0.6 is 0 Å². The van der Waals surface area contributed by atoms with E-state index in [0.717, 1.165) is 16.5 Å². The summed E-state index contributed by atoms with van der Waals surface area (Å²) in [7, 11) is 2.92. The number of hydrogen-bond acceptors (Lipinski definition) is 4. The van der Waals surface area contributed by atoms with Gasteiger partial charge in [0.25, 0.3) is 5.91 Å². The first-order valence-corrected chi connectivity index (χ1v) is 4.76. The summed E-state index contributed by atoms with van der Waals surface area (Å²) >= 11 is 0. The Labute approximate surface area is 93.2 Å². The number of hydroxylamine groups is 2. The van der Waals surface area contributed by atoms with E-state index in [1.54, 1.807) is 0 Å². The van der Waals surface area contributed by atoms with Crippen LogP contribution in [0.5, 0.6) is 0 Å². The minimum absolute atomic E-state index is 0.166. The third-order valence-electron chi connectivity index (χ3n) is 2.30. The van der Waals surface area contributed by atoms with Gasteiger partial charge >= 0.3 is 0 Å². The third-order valence-corrected chi connectivity index (χ3v) is 2.30. The van der Waals surface area contributed by atoms with Crippen molar-refractivity contribution in [3.05, 3.63) is 36.0 Å². The lowest BCUT2D eigenvalue weighted by molar-refractivity contribution is -0.307. The normalized spacial score (nSPS) is 16.1. The molecule has 0 aliphatic carbocycles. The Morgan fingerprint density at radius 1 is 1.25 bits per heavy atom. The summed E-state index contributed by atoms with van der Waals surface area (Å²) < 4.78 is 0. The Balaban J connectivity index is 2.38. The fraction of sp³-hybridized carbons (Fsp3) is 0.182. The van der Waals surface area contributed by atoms with Gasteiger partial charge in [0.1, 0.15) is 0 Å². The first-order chi connectivity index (χ1) is 7.76. The Kier molecular flexibility index (Phi) is 2.89. The predicted octanol–water partition coefficient (Wildman–Crippen LogP) is 1.40. The minimum atomic E-state index is -0.166. The van der Waals surface area contributed by atoms with Crippen LogP contribution in [0.1, 0.15) is 5.56 Å². The van der Waals surface area contributed by atoms with E-state index in [1.165, 1.54) is 20.4 Å². The molecule has 1 aromatic carbocycles. The molecule has 16 heavy (non-hydrogen) atoms. The van der Waals surface area contributed by atoms with Crippen LogP contribution in [-0.2, 0) is 14.5 Å². The molecule has 0 saturated carbocycles. The highest BCUT2D eigenvalue weighted by Crippen LogP contribution is 2.31. The summed E-state index contributed by atoms with van der Waals surface area (Å²) in [6, 6.07) is 7.45. The average molecular weight is 220 g/mol. The van der Waals surface area contributed by atoms with Crippen molar-refractivity contribution in [3.8, 4) is 0 Å². The molecule has 0 unspecified atom stereocenters. The molecule has 0 fully saturated rings. The van der Waals surface area contributed by atoms with Gasteiger partial charge in [-0.05, 0) is 6.07 Å². The minimum Gasteiger partial charge on any atom is -0.321 e. The van der Waals surface area contributed by atoms with Crippen molar-refractivity contribution in [2.45, 2.75) is 0 Å². The van der Waals surface area contributed by atoms with Gasteiger partial charge in [-0.1, -0.05) is 18.2 Å². The number of benzene rings is 1. The lowest BCUT2D eigenvalue weighted by atomic mass is 10.1.